The number of hydrogen-bond donors (Lipinski definition) is 1. The summed E-state index contributed by atoms with van der Waals surface area (Å²) in [5.41, 5.74) is 0. The van der Waals surface area contributed by atoms with Gasteiger partial charge in [-0.25, -0.2) is 4.98 Å². The fraction of sp³-hybridized carbons (Fsp3) is 0.667. The molecule has 1 aliphatic carbocycles. The second kappa shape index (κ2) is 4.29. The Bertz CT molecular complexity index is 250. The summed E-state index contributed by atoms with van der Waals surface area (Å²) in [6.07, 6.45) is 6.67. The Morgan fingerprint density at radius 3 is 3.00 bits per heavy atom. The van der Waals surface area contributed by atoms with Crippen molar-refractivity contribution in [3.8, 4) is 0 Å². The number of aromatic nitrogens is 1. The smallest absolute Gasteiger partial charge is 0.182 e. The predicted octanol–water partition coefficient (Wildman–Crippen LogP) is 3.11. The number of nitrogens with zero attached hydrogens (tertiary/aromatic N) is 1. The van der Waals surface area contributed by atoms with Crippen LogP contribution in [0.25, 0.3) is 0 Å². The average molecular weight is 217 g/mol. The summed E-state index contributed by atoms with van der Waals surface area (Å²) in [5.74, 6) is 0. The Morgan fingerprint density at radius 1 is 1.46 bits per heavy atom. The zero-order chi connectivity index (χ0) is 9.10. The van der Waals surface area contributed by atoms with Crippen molar-refractivity contribution in [3.05, 3.63) is 11.6 Å². The molecule has 13 heavy (non-hydrogen) atoms. The van der Waals surface area contributed by atoms with E-state index < -0.39 is 0 Å². The molecule has 1 aromatic rings. The van der Waals surface area contributed by atoms with E-state index in [-0.39, 0.29) is 5.38 Å². The lowest BCUT2D eigenvalue weighted by Crippen LogP contribution is -2.32. The summed E-state index contributed by atoms with van der Waals surface area (Å²) >= 11 is 7.85. The first kappa shape index (κ1) is 9.28. The van der Waals surface area contributed by atoms with Crippen LogP contribution in [0.4, 0.5) is 5.13 Å². The van der Waals surface area contributed by atoms with E-state index in [1.807, 2.05) is 11.6 Å². The van der Waals surface area contributed by atoms with Crippen molar-refractivity contribution in [3.63, 3.8) is 0 Å². The Balaban J connectivity index is 1.93. The van der Waals surface area contributed by atoms with Crippen LogP contribution >= 0.6 is 22.9 Å². The minimum atomic E-state index is 0.276. The molecule has 1 saturated carbocycles. The molecule has 0 aromatic carbocycles. The maximum absolute atomic E-state index is 6.21. The quantitative estimate of drug-likeness (QED) is 0.769. The lowest BCUT2D eigenvalue weighted by atomic mass is 9.95. The van der Waals surface area contributed by atoms with Gasteiger partial charge in [-0.05, 0) is 12.8 Å². The van der Waals surface area contributed by atoms with Crippen LogP contribution in [0, 0.1) is 0 Å². The van der Waals surface area contributed by atoms with Crippen LogP contribution in [0.3, 0.4) is 0 Å². The zero-order valence-corrected chi connectivity index (χ0v) is 8.94. The molecule has 2 unspecified atom stereocenters. The predicted molar refractivity (Wildman–Crippen MR) is 57.6 cm³/mol. The van der Waals surface area contributed by atoms with E-state index in [1.165, 1.54) is 19.3 Å². The molecule has 0 spiro atoms. The molecule has 1 heterocycles. The molecule has 0 aliphatic heterocycles. The third kappa shape index (κ3) is 2.35. The topological polar surface area (TPSA) is 24.9 Å². The normalized spacial score (nSPS) is 28.7. The van der Waals surface area contributed by atoms with Crippen molar-refractivity contribution in [1.29, 1.82) is 0 Å². The van der Waals surface area contributed by atoms with Gasteiger partial charge >= 0.3 is 0 Å². The molecule has 2 atom stereocenters. The van der Waals surface area contributed by atoms with Crippen LogP contribution in [0.5, 0.6) is 0 Å². The summed E-state index contributed by atoms with van der Waals surface area (Å²) in [5, 5.41) is 6.64. The molecule has 2 nitrogen and oxygen atoms in total. The third-order valence-electron chi connectivity index (χ3n) is 2.42. The molecule has 2 rings (SSSR count). The largest absolute Gasteiger partial charge is 0.357 e. The Kier molecular flexibility index (Phi) is 3.06. The summed E-state index contributed by atoms with van der Waals surface area (Å²) in [4.78, 5) is 4.19. The fourth-order valence-electron chi connectivity index (χ4n) is 1.70. The maximum Gasteiger partial charge on any atom is 0.182 e. The van der Waals surface area contributed by atoms with Crippen molar-refractivity contribution in [1.82, 2.24) is 4.98 Å². The molecule has 0 amide bonds. The van der Waals surface area contributed by atoms with E-state index in [0.29, 0.717) is 6.04 Å². The molecule has 4 heteroatoms. The highest BCUT2D eigenvalue weighted by Gasteiger charge is 2.23. The van der Waals surface area contributed by atoms with Gasteiger partial charge in [-0.2, -0.15) is 0 Å². The van der Waals surface area contributed by atoms with Crippen LogP contribution in [0.1, 0.15) is 25.7 Å². The van der Waals surface area contributed by atoms with Gasteiger partial charge in [-0.15, -0.1) is 22.9 Å². The van der Waals surface area contributed by atoms with Crippen molar-refractivity contribution in [2.45, 2.75) is 37.1 Å². The first-order chi connectivity index (χ1) is 6.36. The SMILES string of the molecule is ClC1CCCCC1Nc1nccs1. The summed E-state index contributed by atoms with van der Waals surface area (Å²) < 4.78 is 0. The molecule has 0 radical (unpaired) electrons. The summed E-state index contributed by atoms with van der Waals surface area (Å²) in [6, 6.07) is 0.418. The second-order valence-electron chi connectivity index (χ2n) is 3.39. The Labute approximate surface area is 87.3 Å². The van der Waals surface area contributed by atoms with E-state index in [2.05, 4.69) is 10.3 Å². The third-order valence-corrected chi connectivity index (χ3v) is 3.65. The molecule has 0 saturated heterocycles. The highest BCUT2D eigenvalue weighted by Crippen LogP contribution is 2.26. The van der Waals surface area contributed by atoms with Gasteiger partial charge in [0.05, 0.1) is 5.38 Å². The molecule has 1 aliphatic rings. The standard InChI is InChI=1S/C9H13ClN2S/c10-7-3-1-2-4-8(7)12-9-11-5-6-13-9/h5-8H,1-4H2,(H,11,12). The monoisotopic (exact) mass is 216 g/mol. The van der Waals surface area contributed by atoms with Gasteiger partial charge in [0.1, 0.15) is 0 Å². The highest BCUT2D eigenvalue weighted by atomic mass is 35.5. The van der Waals surface area contributed by atoms with Gasteiger partial charge in [0, 0.05) is 17.6 Å². The highest BCUT2D eigenvalue weighted by molar-refractivity contribution is 7.13. The van der Waals surface area contributed by atoms with Gasteiger partial charge < -0.3 is 5.32 Å². The average Bonchev–Trinajstić information content (AvgIpc) is 2.61. The number of thiazole rings is 1. The van der Waals surface area contributed by atoms with Gasteiger partial charge in [0.25, 0.3) is 0 Å². The maximum atomic E-state index is 6.21. The number of halogens is 1. The van der Waals surface area contributed by atoms with E-state index in [9.17, 15) is 0 Å². The van der Waals surface area contributed by atoms with Crippen LogP contribution in [0.15, 0.2) is 11.6 Å². The Hall–Kier alpha value is -0.280. The van der Waals surface area contributed by atoms with E-state index >= 15 is 0 Å². The zero-order valence-electron chi connectivity index (χ0n) is 7.37. The molecule has 1 N–H and O–H groups in total. The van der Waals surface area contributed by atoms with E-state index in [4.69, 9.17) is 11.6 Å². The van der Waals surface area contributed by atoms with Crippen LogP contribution < -0.4 is 5.32 Å². The second-order valence-corrected chi connectivity index (χ2v) is 4.84. The first-order valence-electron chi connectivity index (χ1n) is 4.66. The number of rotatable bonds is 2. The summed E-state index contributed by atoms with van der Waals surface area (Å²) in [7, 11) is 0. The number of alkyl halides is 1. The number of nitrogens with one attached hydrogen (secondary N) is 1. The van der Waals surface area contributed by atoms with Gasteiger partial charge in [0.15, 0.2) is 5.13 Å². The first-order valence-corrected chi connectivity index (χ1v) is 5.98. The van der Waals surface area contributed by atoms with Crippen molar-refractivity contribution >= 4 is 28.1 Å². The van der Waals surface area contributed by atoms with Crippen molar-refractivity contribution < 1.29 is 0 Å². The van der Waals surface area contributed by atoms with Gasteiger partial charge in [-0.3, -0.25) is 0 Å². The minimum absolute atomic E-state index is 0.276. The summed E-state index contributed by atoms with van der Waals surface area (Å²) in [6.45, 7) is 0. The molecular formula is C9H13ClN2S. The van der Waals surface area contributed by atoms with Crippen LogP contribution in [0.2, 0.25) is 0 Å². The molecule has 1 aromatic heterocycles. The van der Waals surface area contributed by atoms with Crippen LogP contribution in [-0.4, -0.2) is 16.4 Å². The fourth-order valence-corrected chi connectivity index (χ4v) is 2.64. The number of anilines is 1. The van der Waals surface area contributed by atoms with Crippen molar-refractivity contribution in [2.75, 3.05) is 5.32 Å². The Morgan fingerprint density at radius 2 is 2.31 bits per heavy atom. The van der Waals surface area contributed by atoms with Crippen molar-refractivity contribution in [2.24, 2.45) is 0 Å². The van der Waals surface area contributed by atoms with E-state index in [0.717, 1.165) is 11.6 Å². The van der Waals surface area contributed by atoms with Gasteiger partial charge in [0.2, 0.25) is 0 Å². The van der Waals surface area contributed by atoms with Crippen LogP contribution in [-0.2, 0) is 0 Å². The molecule has 72 valence electrons. The molecule has 0 bridgehead atoms. The minimum Gasteiger partial charge on any atom is -0.357 e. The number of hydrogen-bond acceptors (Lipinski definition) is 3. The lowest BCUT2D eigenvalue weighted by Gasteiger charge is -2.27. The van der Waals surface area contributed by atoms with E-state index in [1.54, 1.807) is 11.3 Å². The lowest BCUT2D eigenvalue weighted by molar-refractivity contribution is 0.469. The molecular weight excluding hydrogens is 204 g/mol. The van der Waals surface area contributed by atoms with Gasteiger partial charge in [-0.1, -0.05) is 12.8 Å². The molecule has 1 fully saturated rings.